The summed E-state index contributed by atoms with van der Waals surface area (Å²) in [6.45, 7) is 3.14. The molecule has 0 bridgehead atoms. The van der Waals surface area contributed by atoms with Crippen LogP contribution in [0.5, 0.6) is 5.75 Å². The highest BCUT2D eigenvalue weighted by atomic mass is 79.9. The number of ether oxygens (including phenoxy) is 2. The molecule has 1 N–H and O–H groups in total. The Morgan fingerprint density at radius 2 is 1.92 bits per heavy atom. The zero-order valence-electron chi connectivity index (χ0n) is 14.4. The molecule has 0 spiro atoms. The van der Waals surface area contributed by atoms with Crippen molar-refractivity contribution in [1.82, 2.24) is 4.98 Å². The summed E-state index contributed by atoms with van der Waals surface area (Å²) in [4.78, 5) is 27.9. The molecule has 0 saturated heterocycles. The molecule has 134 valence electrons. The van der Waals surface area contributed by atoms with E-state index in [4.69, 9.17) is 9.47 Å². The Morgan fingerprint density at radius 3 is 2.69 bits per heavy atom. The lowest BCUT2D eigenvalue weighted by Crippen LogP contribution is -2.27. The number of ketones is 1. The predicted molar refractivity (Wildman–Crippen MR) is 103 cm³/mol. The molecule has 26 heavy (non-hydrogen) atoms. The Hall–Kier alpha value is -2.60. The molecule has 1 atom stereocenters. The maximum atomic E-state index is 12.8. The van der Waals surface area contributed by atoms with Gasteiger partial charge < -0.3 is 14.5 Å². The molecule has 6 heteroatoms. The third-order valence-corrected chi connectivity index (χ3v) is 4.46. The number of hydrogen-bond acceptors (Lipinski definition) is 4. The van der Waals surface area contributed by atoms with Crippen LogP contribution in [0.2, 0.25) is 0 Å². The van der Waals surface area contributed by atoms with Gasteiger partial charge in [0, 0.05) is 26.6 Å². The van der Waals surface area contributed by atoms with Gasteiger partial charge in [-0.2, -0.15) is 0 Å². The predicted octanol–water partition coefficient (Wildman–Crippen LogP) is 4.43. The van der Waals surface area contributed by atoms with Crippen LogP contribution >= 0.6 is 15.9 Å². The first-order valence-corrected chi connectivity index (χ1v) is 8.94. The number of aromatic amines is 1. The van der Waals surface area contributed by atoms with Crippen LogP contribution in [0.4, 0.5) is 0 Å². The van der Waals surface area contributed by atoms with E-state index < -0.39 is 12.1 Å². The molecule has 3 rings (SSSR count). The number of benzene rings is 2. The van der Waals surface area contributed by atoms with Crippen LogP contribution < -0.4 is 4.74 Å². The van der Waals surface area contributed by atoms with Gasteiger partial charge in [0.25, 0.3) is 0 Å². The summed E-state index contributed by atoms with van der Waals surface area (Å²) in [7, 11) is 0. The molecule has 1 aromatic heterocycles. The molecule has 5 nitrogen and oxygen atoms in total. The summed E-state index contributed by atoms with van der Waals surface area (Å²) < 4.78 is 11.5. The van der Waals surface area contributed by atoms with Gasteiger partial charge in [-0.15, -0.1) is 0 Å². The van der Waals surface area contributed by atoms with Crippen LogP contribution in [-0.2, 0) is 9.53 Å². The number of halogens is 1. The Bertz CT molecular complexity index is 963. The van der Waals surface area contributed by atoms with Crippen LogP contribution in [-0.4, -0.2) is 29.4 Å². The second kappa shape index (κ2) is 7.74. The van der Waals surface area contributed by atoms with Crippen molar-refractivity contribution in [2.24, 2.45) is 0 Å². The van der Waals surface area contributed by atoms with Gasteiger partial charge in [0.05, 0.1) is 0 Å². The third kappa shape index (κ3) is 3.96. The molecular weight excluding hydrogens is 398 g/mol. The van der Waals surface area contributed by atoms with E-state index in [1.54, 1.807) is 25.1 Å². The van der Waals surface area contributed by atoms with E-state index >= 15 is 0 Å². The lowest BCUT2D eigenvalue weighted by Gasteiger charge is -2.13. The lowest BCUT2D eigenvalue weighted by atomic mass is 10.0. The van der Waals surface area contributed by atoms with Crippen molar-refractivity contribution in [1.29, 1.82) is 0 Å². The molecule has 0 fully saturated rings. The minimum Gasteiger partial charge on any atom is -0.482 e. The second-order valence-electron chi connectivity index (χ2n) is 5.91. The maximum absolute atomic E-state index is 12.8. The van der Waals surface area contributed by atoms with E-state index in [0.29, 0.717) is 11.3 Å². The van der Waals surface area contributed by atoms with Gasteiger partial charge in [-0.25, -0.2) is 4.79 Å². The van der Waals surface area contributed by atoms with Crippen molar-refractivity contribution >= 4 is 38.6 Å². The van der Waals surface area contributed by atoms with Crippen LogP contribution in [0, 0.1) is 6.92 Å². The highest BCUT2D eigenvalue weighted by molar-refractivity contribution is 9.10. The Kier molecular flexibility index (Phi) is 5.42. The lowest BCUT2D eigenvalue weighted by molar-refractivity contribution is -0.148. The summed E-state index contributed by atoms with van der Waals surface area (Å²) in [5.74, 6) is -0.290. The molecule has 1 heterocycles. The van der Waals surface area contributed by atoms with E-state index in [1.807, 2.05) is 37.3 Å². The molecule has 0 aliphatic heterocycles. The van der Waals surface area contributed by atoms with Gasteiger partial charge >= 0.3 is 5.97 Å². The van der Waals surface area contributed by atoms with Crippen LogP contribution in [0.1, 0.15) is 23.0 Å². The summed E-state index contributed by atoms with van der Waals surface area (Å²) >= 11 is 3.33. The second-order valence-corrected chi connectivity index (χ2v) is 6.83. The number of H-pyrrole nitrogens is 1. The van der Waals surface area contributed by atoms with Crippen molar-refractivity contribution in [3.8, 4) is 5.75 Å². The number of Topliss-reactive ketones (excluding diaryl/α,β-unsaturated/α-hetero) is 1. The molecule has 0 saturated carbocycles. The number of carbonyl (C=O) groups excluding carboxylic acids is 2. The quantitative estimate of drug-likeness (QED) is 0.477. The first-order chi connectivity index (χ1) is 12.5. The molecule has 3 aromatic rings. The Balaban J connectivity index is 1.65. The van der Waals surface area contributed by atoms with Gasteiger partial charge in [0.1, 0.15) is 5.75 Å². The smallest absolute Gasteiger partial charge is 0.344 e. The Labute approximate surface area is 159 Å². The average molecular weight is 416 g/mol. The molecule has 2 aromatic carbocycles. The molecule has 0 unspecified atom stereocenters. The molecule has 0 radical (unpaired) electrons. The summed E-state index contributed by atoms with van der Waals surface area (Å²) in [6.07, 6.45) is -0.897. The fourth-order valence-electron chi connectivity index (χ4n) is 2.78. The first-order valence-electron chi connectivity index (χ1n) is 8.15. The molecule has 0 aliphatic rings. The topological polar surface area (TPSA) is 68.4 Å². The normalized spacial score (nSPS) is 12.0. The van der Waals surface area contributed by atoms with E-state index in [0.717, 1.165) is 21.1 Å². The summed E-state index contributed by atoms with van der Waals surface area (Å²) in [6, 6.07) is 14.7. The summed E-state index contributed by atoms with van der Waals surface area (Å²) in [5.41, 5.74) is 2.18. The number of fused-ring (bicyclic) bond motifs is 1. The number of hydrogen-bond donors (Lipinski definition) is 1. The van der Waals surface area contributed by atoms with Gasteiger partial charge in [-0.05, 0) is 38.1 Å². The van der Waals surface area contributed by atoms with E-state index in [9.17, 15) is 9.59 Å². The number of aryl methyl sites for hydroxylation is 1. The van der Waals surface area contributed by atoms with Gasteiger partial charge in [0.2, 0.25) is 5.78 Å². The van der Waals surface area contributed by atoms with Crippen molar-refractivity contribution in [2.75, 3.05) is 6.61 Å². The fraction of sp³-hybridized carbons (Fsp3) is 0.200. The van der Waals surface area contributed by atoms with Crippen LogP contribution in [0.25, 0.3) is 10.9 Å². The number of rotatable bonds is 6. The van der Waals surface area contributed by atoms with Crippen molar-refractivity contribution < 1.29 is 19.1 Å². The largest absolute Gasteiger partial charge is 0.482 e. The fourth-order valence-corrected chi connectivity index (χ4v) is 3.16. The highest BCUT2D eigenvalue weighted by Gasteiger charge is 2.24. The molecule has 0 aliphatic carbocycles. The SMILES string of the molecule is Cc1[nH]c2ccccc2c1C(=O)[C@H](C)OC(=O)COc1cccc(Br)c1. The average Bonchev–Trinajstić information content (AvgIpc) is 2.95. The Morgan fingerprint density at radius 1 is 1.15 bits per heavy atom. The number of aromatic nitrogens is 1. The molecule has 0 amide bonds. The first kappa shape index (κ1) is 18.2. The minimum absolute atomic E-state index is 0.240. The van der Waals surface area contributed by atoms with Crippen LogP contribution in [0.15, 0.2) is 53.0 Å². The molecular formula is C20H18BrNO4. The van der Waals surface area contributed by atoms with Crippen molar-refractivity contribution in [3.63, 3.8) is 0 Å². The highest BCUT2D eigenvalue weighted by Crippen LogP contribution is 2.24. The van der Waals surface area contributed by atoms with Crippen LogP contribution in [0.3, 0.4) is 0 Å². The number of para-hydroxylation sites is 1. The number of carbonyl (C=O) groups is 2. The monoisotopic (exact) mass is 415 g/mol. The van der Waals surface area contributed by atoms with Gasteiger partial charge in [0.15, 0.2) is 12.7 Å². The van der Waals surface area contributed by atoms with E-state index in [-0.39, 0.29) is 12.4 Å². The van der Waals surface area contributed by atoms with Gasteiger partial charge in [-0.3, -0.25) is 4.79 Å². The van der Waals surface area contributed by atoms with E-state index in [1.165, 1.54) is 0 Å². The van der Waals surface area contributed by atoms with Crippen molar-refractivity contribution in [3.05, 3.63) is 64.3 Å². The van der Waals surface area contributed by atoms with Crippen molar-refractivity contribution in [2.45, 2.75) is 20.0 Å². The zero-order chi connectivity index (χ0) is 18.7. The maximum Gasteiger partial charge on any atom is 0.344 e. The third-order valence-electron chi connectivity index (χ3n) is 3.97. The van der Waals surface area contributed by atoms with Gasteiger partial charge in [-0.1, -0.05) is 40.2 Å². The summed E-state index contributed by atoms with van der Waals surface area (Å²) in [5, 5.41) is 0.822. The standard InChI is InChI=1S/C20H18BrNO4/c1-12-19(16-8-3-4-9-17(16)22-12)20(24)13(2)26-18(23)11-25-15-7-5-6-14(21)10-15/h3-10,13,22H,11H2,1-2H3/t13-/m0/s1. The number of nitrogens with one attached hydrogen (secondary N) is 1. The number of esters is 1. The van der Waals surface area contributed by atoms with E-state index in [2.05, 4.69) is 20.9 Å². The zero-order valence-corrected chi connectivity index (χ0v) is 16.0. The minimum atomic E-state index is -0.897.